The molecule has 2 aromatic rings. The zero-order valence-corrected chi connectivity index (χ0v) is 17.9. The molecule has 1 aliphatic heterocycles. The van der Waals surface area contributed by atoms with Crippen LogP contribution < -0.4 is 4.72 Å². The highest BCUT2D eigenvalue weighted by Gasteiger charge is 2.33. The summed E-state index contributed by atoms with van der Waals surface area (Å²) < 4.78 is 27.1. The van der Waals surface area contributed by atoms with Crippen molar-refractivity contribution < 1.29 is 13.2 Å². The second kappa shape index (κ2) is 9.04. The lowest BCUT2D eigenvalue weighted by molar-refractivity contribution is 0.0521. The largest absolute Gasteiger partial charge is 0.338 e. The van der Waals surface area contributed by atoms with E-state index < -0.39 is 10.0 Å². The number of sulfonamides is 1. The molecule has 6 heteroatoms. The number of nitrogens with one attached hydrogen (secondary N) is 1. The SMILES string of the molecule is O=C(c1ccc(NS(=O)(=O)/C=C/c2ccccc2)cc1)N1CC[C@H]2CCCC[C@@H]2C1. The average Bonchev–Trinajstić information content (AvgIpc) is 2.78. The summed E-state index contributed by atoms with van der Waals surface area (Å²) in [6, 6.07) is 16.0. The van der Waals surface area contributed by atoms with Gasteiger partial charge < -0.3 is 4.90 Å². The minimum Gasteiger partial charge on any atom is -0.338 e. The fourth-order valence-electron chi connectivity index (χ4n) is 4.58. The summed E-state index contributed by atoms with van der Waals surface area (Å²) in [6.45, 7) is 1.67. The van der Waals surface area contributed by atoms with E-state index in [-0.39, 0.29) is 5.91 Å². The van der Waals surface area contributed by atoms with E-state index in [0.717, 1.165) is 36.4 Å². The van der Waals surface area contributed by atoms with E-state index >= 15 is 0 Å². The van der Waals surface area contributed by atoms with Crippen LogP contribution in [-0.4, -0.2) is 32.3 Å². The van der Waals surface area contributed by atoms with Gasteiger partial charge in [0.1, 0.15) is 0 Å². The molecule has 1 N–H and O–H groups in total. The lowest BCUT2D eigenvalue weighted by atomic mass is 9.75. The first kappa shape index (κ1) is 20.7. The van der Waals surface area contributed by atoms with Crippen LogP contribution in [0.4, 0.5) is 5.69 Å². The van der Waals surface area contributed by atoms with Gasteiger partial charge in [0, 0.05) is 24.3 Å². The first-order chi connectivity index (χ1) is 14.5. The highest BCUT2D eigenvalue weighted by Crippen LogP contribution is 2.36. The highest BCUT2D eigenvalue weighted by atomic mass is 32.2. The summed E-state index contributed by atoms with van der Waals surface area (Å²) in [7, 11) is -3.63. The maximum absolute atomic E-state index is 12.9. The van der Waals surface area contributed by atoms with E-state index in [1.165, 1.54) is 25.7 Å². The van der Waals surface area contributed by atoms with E-state index in [4.69, 9.17) is 0 Å². The minimum atomic E-state index is -3.63. The Bertz CT molecular complexity index is 1000. The standard InChI is InChI=1S/C24H28N2O3S/c27-24(26-16-14-20-8-4-5-9-22(20)18-26)21-10-12-23(13-11-21)25-30(28,29)17-15-19-6-2-1-3-7-19/h1-3,6-7,10-13,15,17,20,22,25H,4-5,8-9,14,16,18H2/b17-15+/t20-,22-/m1/s1. The lowest BCUT2D eigenvalue weighted by Gasteiger charge is -2.41. The number of nitrogens with zero attached hydrogens (tertiary/aromatic N) is 1. The molecule has 0 unspecified atom stereocenters. The predicted octanol–water partition coefficient (Wildman–Crippen LogP) is 4.75. The van der Waals surface area contributed by atoms with Crippen LogP contribution in [0.15, 0.2) is 60.0 Å². The Kier molecular flexibility index (Phi) is 6.23. The third-order valence-corrected chi connectivity index (χ3v) is 7.22. The van der Waals surface area contributed by atoms with Gasteiger partial charge in [-0.25, -0.2) is 8.42 Å². The monoisotopic (exact) mass is 424 g/mol. The van der Waals surface area contributed by atoms with Crippen LogP contribution in [-0.2, 0) is 10.0 Å². The fourth-order valence-corrected chi connectivity index (χ4v) is 5.45. The number of carbonyl (C=O) groups excluding carboxylic acids is 1. The zero-order valence-electron chi connectivity index (χ0n) is 17.0. The maximum atomic E-state index is 12.9. The number of benzene rings is 2. The Morgan fingerprint density at radius 2 is 1.63 bits per heavy atom. The van der Waals surface area contributed by atoms with Gasteiger partial charge in [0.15, 0.2) is 0 Å². The van der Waals surface area contributed by atoms with E-state index in [1.54, 1.807) is 30.3 Å². The molecule has 4 rings (SSSR count). The van der Waals surface area contributed by atoms with Crippen molar-refractivity contribution in [3.05, 3.63) is 71.1 Å². The molecule has 1 amide bonds. The molecular formula is C24H28N2O3S. The number of amides is 1. The molecule has 1 aliphatic carbocycles. The molecule has 0 spiro atoms. The number of rotatable bonds is 5. The van der Waals surface area contributed by atoms with Crippen LogP contribution in [0, 0.1) is 11.8 Å². The summed E-state index contributed by atoms with van der Waals surface area (Å²) in [5.41, 5.74) is 1.85. The molecule has 5 nitrogen and oxygen atoms in total. The van der Waals surface area contributed by atoms with Crippen molar-refractivity contribution in [3.8, 4) is 0 Å². The smallest absolute Gasteiger partial charge is 0.255 e. The number of fused-ring (bicyclic) bond motifs is 1. The van der Waals surface area contributed by atoms with Gasteiger partial charge in [-0.2, -0.15) is 0 Å². The molecule has 2 aliphatic rings. The van der Waals surface area contributed by atoms with Crippen molar-refractivity contribution in [1.29, 1.82) is 0 Å². The van der Waals surface area contributed by atoms with E-state index in [1.807, 2.05) is 35.2 Å². The van der Waals surface area contributed by atoms with Gasteiger partial charge in [-0.1, -0.05) is 49.6 Å². The second-order valence-corrected chi connectivity index (χ2v) is 9.85. The van der Waals surface area contributed by atoms with Gasteiger partial charge >= 0.3 is 0 Å². The van der Waals surface area contributed by atoms with Crippen LogP contribution in [0.2, 0.25) is 0 Å². The molecule has 2 fully saturated rings. The first-order valence-corrected chi connectivity index (χ1v) is 12.2. The average molecular weight is 425 g/mol. The molecule has 1 heterocycles. The van der Waals surface area contributed by atoms with Crippen molar-refractivity contribution in [1.82, 2.24) is 4.90 Å². The number of hydrogen-bond donors (Lipinski definition) is 1. The van der Waals surface area contributed by atoms with Gasteiger partial charge in [0.25, 0.3) is 15.9 Å². The summed E-state index contributed by atoms with van der Waals surface area (Å²) >= 11 is 0. The first-order valence-electron chi connectivity index (χ1n) is 10.7. The molecule has 30 heavy (non-hydrogen) atoms. The third-order valence-electron chi connectivity index (χ3n) is 6.21. The minimum absolute atomic E-state index is 0.0393. The maximum Gasteiger partial charge on any atom is 0.255 e. The molecule has 2 atom stereocenters. The van der Waals surface area contributed by atoms with Crippen molar-refractivity contribution >= 4 is 27.7 Å². The molecule has 158 valence electrons. The van der Waals surface area contributed by atoms with E-state index in [9.17, 15) is 13.2 Å². The van der Waals surface area contributed by atoms with Crippen LogP contribution >= 0.6 is 0 Å². The molecular weight excluding hydrogens is 396 g/mol. The Morgan fingerprint density at radius 1 is 0.933 bits per heavy atom. The Hall–Kier alpha value is -2.60. The Balaban J connectivity index is 1.37. The third kappa shape index (κ3) is 5.11. The molecule has 2 aromatic carbocycles. The lowest BCUT2D eigenvalue weighted by Crippen LogP contribution is -2.44. The molecule has 0 bridgehead atoms. The van der Waals surface area contributed by atoms with E-state index in [2.05, 4.69) is 4.72 Å². The molecule has 0 aromatic heterocycles. The summed E-state index contributed by atoms with van der Waals surface area (Å²) in [5, 5.41) is 1.15. The predicted molar refractivity (Wildman–Crippen MR) is 120 cm³/mol. The Labute approximate surface area is 178 Å². The normalized spacial score (nSPS) is 21.9. The molecule has 1 saturated heterocycles. The highest BCUT2D eigenvalue weighted by molar-refractivity contribution is 7.95. The van der Waals surface area contributed by atoms with Crippen molar-refractivity contribution in [3.63, 3.8) is 0 Å². The number of piperidine rings is 1. The number of hydrogen-bond acceptors (Lipinski definition) is 3. The number of likely N-dealkylation sites (tertiary alicyclic amines) is 1. The second-order valence-electron chi connectivity index (χ2n) is 8.28. The van der Waals surface area contributed by atoms with Crippen LogP contribution in [0.1, 0.15) is 48.0 Å². The molecule has 0 radical (unpaired) electrons. The number of carbonyl (C=O) groups is 1. The fraction of sp³-hybridized carbons (Fsp3) is 0.375. The van der Waals surface area contributed by atoms with Crippen LogP contribution in [0.5, 0.6) is 0 Å². The van der Waals surface area contributed by atoms with Gasteiger partial charge in [0.05, 0.1) is 5.41 Å². The summed E-state index contributed by atoms with van der Waals surface area (Å²) in [6.07, 6.45) is 7.78. The van der Waals surface area contributed by atoms with Crippen molar-refractivity contribution in [2.45, 2.75) is 32.1 Å². The van der Waals surface area contributed by atoms with E-state index in [0.29, 0.717) is 17.2 Å². The molecule has 1 saturated carbocycles. The van der Waals surface area contributed by atoms with Crippen LogP contribution in [0.25, 0.3) is 6.08 Å². The Morgan fingerprint density at radius 3 is 2.37 bits per heavy atom. The van der Waals surface area contributed by atoms with Gasteiger partial charge in [-0.3, -0.25) is 9.52 Å². The summed E-state index contributed by atoms with van der Waals surface area (Å²) in [5.74, 6) is 1.46. The topological polar surface area (TPSA) is 66.5 Å². The quantitative estimate of drug-likeness (QED) is 0.753. The zero-order chi connectivity index (χ0) is 21.0. The van der Waals surface area contributed by atoms with Crippen molar-refractivity contribution in [2.75, 3.05) is 17.8 Å². The van der Waals surface area contributed by atoms with Crippen molar-refractivity contribution in [2.24, 2.45) is 11.8 Å². The van der Waals surface area contributed by atoms with Gasteiger partial charge in [0.2, 0.25) is 0 Å². The van der Waals surface area contributed by atoms with Gasteiger partial charge in [-0.05, 0) is 60.6 Å². The summed E-state index contributed by atoms with van der Waals surface area (Å²) in [4.78, 5) is 14.9. The van der Waals surface area contributed by atoms with Crippen LogP contribution in [0.3, 0.4) is 0 Å². The van der Waals surface area contributed by atoms with Gasteiger partial charge in [-0.15, -0.1) is 0 Å². The number of anilines is 1.